The molecule has 0 aliphatic carbocycles. The molecule has 0 aliphatic heterocycles. The van der Waals surface area contributed by atoms with Crippen LogP contribution in [0.3, 0.4) is 0 Å². The Labute approximate surface area is 82.0 Å². The summed E-state index contributed by atoms with van der Waals surface area (Å²) in [5.74, 6) is -0.805. The molecular formula is C11H10FNO. The van der Waals surface area contributed by atoms with Crippen LogP contribution in [-0.2, 0) is 6.42 Å². The minimum Gasteiger partial charge on any atom is -0.294 e. The highest BCUT2D eigenvalue weighted by Crippen LogP contribution is 2.16. The van der Waals surface area contributed by atoms with Crippen molar-refractivity contribution in [1.29, 1.82) is 5.26 Å². The molecule has 0 saturated heterocycles. The number of rotatable bonds is 2. The van der Waals surface area contributed by atoms with E-state index in [2.05, 4.69) is 0 Å². The average molecular weight is 191 g/mol. The fourth-order valence-corrected chi connectivity index (χ4v) is 1.32. The van der Waals surface area contributed by atoms with Crippen molar-refractivity contribution in [3.05, 3.63) is 34.6 Å². The summed E-state index contributed by atoms with van der Waals surface area (Å²) in [4.78, 5) is 11.1. The van der Waals surface area contributed by atoms with Crippen molar-refractivity contribution in [3.63, 3.8) is 0 Å². The summed E-state index contributed by atoms with van der Waals surface area (Å²) in [5.41, 5.74) is 1.08. The van der Waals surface area contributed by atoms with Gasteiger partial charge in [0, 0.05) is 5.56 Å². The standard InChI is InChI=1S/C11H10FNO/c1-3-8-4-9(6-13)11(12)5-10(8)7(2)14/h4-5H,3H2,1-2H3. The molecule has 0 bridgehead atoms. The van der Waals surface area contributed by atoms with Gasteiger partial charge in [-0.2, -0.15) is 5.26 Å². The van der Waals surface area contributed by atoms with E-state index >= 15 is 0 Å². The highest BCUT2D eigenvalue weighted by Gasteiger charge is 2.11. The van der Waals surface area contributed by atoms with Crippen LogP contribution in [-0.4, -0.2) is 5.78 Å². The van der Waals surface area contributed by atoms with Gasteiger partial charge < -0.3 is 0 Å². The van der Waals surface area contributed by atoms with Crippen LogP contribution >= 0.6 is 0 Å². The van der Waals surface area contributed by atoms with Crippen molar-refractivity contribution in [3.8, 4) is 6.07 Å². The van der Waals surface area contributed by atoms with Crippen LogP contribution in [0.5, 0.6) is 0 Å². The lowest BCUT2D eigenvalue weighted by molar-refractivity contribution is 0.101. The van der Waals surface area contributed by atoms with Crippen LogP contribution in [0, 0.1) is 17.1 Å². The Morgan fingerprint density at radius 2 is 2.21 bits per heavy atom. The van der Waals surface area contributed by atoms with Crippen molar-refractivity contribution in [1.82, 2.24) is 0 Å². The summed E-state index contributed by atoms with van der Waals surface area (Å²) < 4.78 is 13.2. The molecule has 1 aromatic rings. The number of halogens is 1. The Hall–Kier alpha value is -1.69. The molecule has 0 atom stereocenters. The lowest BCUT2D eigenvalue weighted by Gasteiger charge is -2.05. The van der Waals surface area contributed by atoms with E-state index in [0.717, 1.165) is 11.6 Å². The zero-order chi connectivity index (χ0) is 10.7. The number of benzene rings is 1. The largest absolute Gasteiger partial charge is 0.294 e. The summed E-state index contributed by atoms with van der Waals surface area (Å²) >= 11 is 0. The van der Waals surface area contributed by atoms with E-state index in [1.54, 1.807) is 6.07 Å². The lowest BCUT2D eigenvalue weighted by atomic mass is 9.99. The maximum Gasteiger partial charge on any atom is 0.160 e. The summed E-state index contributed by atoms with van der Waals surface area (Å²) in [6.45, 7) is 3.25. The number of aryl methyl sites for hydroxylation is 1. The van der Waals surface area contributed by atoms with Crippen LogP contribution in [0.4, 0.5) is 4.39 Å². The SMILES string of the molecule is CCc1cc(C#N)c(F)cc1C(C)=O. The summed E-state index contributed by atoms with van der Waals surface area (Å²) in [5, 5.41) is 8.59. The van der Waals surface area contributed by atoms with Gasteiger partial charge in [-0.1, -0.05) is 6.92 Å². The molecule has 0 saturated carbocycles. The van der Waals surface area contributed by atoms with Crippen molar-refractivity contribution in [2.45, 2.75) is 20.3 Å². The smallest absolute Gasteiger partial charge is 0.160 e. The van der Waals surface area contributed by atoms with E-state index in [1.807, 2.05) is 6.92 Å². The number of nitriles is 1. The van der Waals surface area contributed by atoms with E-state index in [-0.39, 0.29) is 11.3 Å². The van der Waals surface area contributed by atoms with Crippen molar-refractivity contribution >= 4 is 5.78 Å². The molecular weight excluding hydrogens is 181 g/mol. The first-order valence-electron chi connectivity index (χ1n) is 4.33. The molecule has 0 amide bonds. The van der Waals surface area contributed by atoms with Crippen LogP contribution in [0.2, 0.25) is 0 Å². The summed E-state index contributed by atoms with van der Waals surface area (Å²) in [6.07, 6.45) is 0.615. The maximum absolute atomic E-state index is 13.2. The number of ketones is 1. The molecule has 1 aromatic carbocycles. The molecule has 0 aliphatic rings. The van der Waals surface area contributed by atoms with Crippen molar-refractivity contribution in [2.75, 3.05) is 0 Å². The van der Waals surface area contributed by atoms with Gasteiger partial charge in [-0.15, -0.1) is 0 Å². The Bertz CT molecular complexity index is 418. The van der Waals surface area contributed by atoms with Crippen LogP contribution in [0.25, 0.3) is 0 Å². The molecule has 0 N–H and O–H groups in total. The van der Waals surface area contributed by atoms with Crippen LogP contribution in [0.15, 0.2) is 12.1 Å². The zero-order valence-electron chi connectivity index (χ0n) is 8.10. The van der Waals surface area contributed by atoms with Gasteiger partial charge in [0.25, 0.3) is 0 Å². The number of carbonyl (C=O) groups excluding carboxylic acids is 1. The molecule has 0 heterocycles. The predicted molar refractivity (Wildman–Crippen MR) is 50.5 cm³/mol. The molecule has 14 heavy (non-hydrogen) atoms. The maximum atomic E-state index is 13.2. The fourth-order valence-electron chi connectivity index (χ4n) is 1.32. The number of hydrogen-bond acceptors (Lipinski definition) is 2. The third-order valence-electron chi connectivity index (χ3n) is 2.07. The van der Waals surface area contributed by atoms with Gasteiger partial charge in [0.15, 0.2) is 5.78 Å². The van der Waals surface area contributed by atoms with Gasteiger partial charge in [0.05, 0.1) is 5.56 Å². The van der Waals surface area contributed by atoms with Gasteiger partial charge in [0.2, 0.25) is 0 Å². The Morgan fingerprint density at radius 3 is 2.64 bits per heavy atom. The molecule has 0 unspecified atom stereocenters. The monoisotopic (exact) mass is 191 g/mol. The lowest BCUT2D eigenvalue weighted by Crippen LogP contribution is -2.01. The first-order valence-corrected chi connectivity index (χ1v) is 4.33. The predicted octanol–water partition coefficient (Wildman–Crippen LogP) is 2.46. The molecule has 0 spiro atoms. The van der Waals surface area contributed by atoms with Crippen molar-refractivity contribution in [2.24, 2.45) is 0 Å². The molecule has 0 radical (unpaired) electrons. The minimum atomic E-state index is -0.630. The highest BCUT2D eigenvalue weighted by molar-refractivity contribution is 5.95. The van der Waals surface area contributed by atoms with Gasteiger partial charge in [-0.25, -0.2) is 4.39 Å². The Balaban J connectivity index is 3.41. The number of hydrogen-bond donors (Lipinski definition) is 0. The minimum absolute atomic E-state index is 0.00755. The van der Waals surface area contributed by atoms with E-state index in [1.165, 1.54) is 13.0 Å². The molecule has 3 heteroatoms. The Kier molecular flexibility index (Phi) is 2.98. The molecule has 72 valence electrons. The van der Waals surface area contributed by atoms with Crippen LogP contribution in [0.1, 0.15) is 35.3 Å². The topological polar surface area (TPSA) is 40.9 Å². The van der Waals surface area contributed by atoms with Gasteiger partial charge in [-0.05, 0) is 31.0 Å². The van der Waals surface area contributed by atoms with Gasteiger partial charge in [0.1, 0.15) is 11.9 Å². The third-order valence-corrected chi connectivity index (χ3v) is 2.07. The molecule has 1 rings (SSSR count). The zero-order valence-corrected chi connectivity index (χ0v) is 8.10. The fraction of sp³-hybridized carbons (Fsp3) is 0.273. The van der Waals surface area contributed by atoms with E-state index < -0.39 is 5.82 Å². The second-order valence-electron chi connectivity index (χ2n) is 3.01. The number of carbonyl (C=O) groups is 1. The normalized spacial score (nSPS) is 9.57. The van der Waals surface area contributed by atoms with E-state index in [0.29, 0.717) is 12.0 Å². The molecule has 0 fully saturated rings. The van der Waals surface area contributed by atoms with E-state index in [4.69, 9.17) is 5.26 Å². The molecule has 0 aromatic heterocycles. The highest BCUT2D eigenvalue weighted by atomic mass is 19.1. The summed E-state index contributed by atoms with van der Waals surface area (Å²) in [6, 6.07) is 4.32. The molecule has 2 nitrogen and oxygen atoms in total. The van der Waals surface area contributed by atoms with Gasteiger partial charge >= 0.3 is 0 Å². The number of Topliss-reactive ketones (excluding diaryl/α,β-unsaturated/α-hetero) is 1. The van der Waals surface area contributed by atoms with Crippen LogP contribution < -0.4 is 0 Å². The second-order valence-corrected chi connectivity index (χ2v) is 3.01. The number of nitrogens with zero attached hydrogens (tertiary/aromatic N) is 1. The van der Waals surface area contributed by atoms with Gasteiger partial charge in [-0.3, -0.25) is 4.79 Å². The van der Waals surface area contributed by atoms with E-state index in [9.17, 15) is 9.18 Å². The third kappa shape index (κ3) is 1.80. The average Bonchev–Trinajstić information content (AvgIpc) is 2.17. The second kappa shape index (κ2) is 4.01. The first kappa shape index (κ1) is 10.4. The van der Waals surface area contributed by atoms with Crippen molar-refractivity contribution < 1.29 is 9.18 Å². The quantitative estimate of drug-likeness (QED) is 0.674. The first-order chi connectivity index (χ1) is 6.60. The Morgan fingerprint density at radius 1 is 1.57 bits per heavy atom. The summed E-state index contributed by atoms with van der Waals surface area (Å²) in [7, 11) is 0.